The van der Waals surface area contributed by atoms with Crippen LogP contribution in [0.5, 0.6) is 0 Å². The van der Waals surface area contributed by atoms with E-state index in [-0.39, 0.29) is 11.5 Å². The van der Waals surface area contributed by atoms with Gasteiger partial charge in [0.1, 0.15) is 6.04 Å². The van der Waals surface area contributed by atoms with E-state index in [1.54, 1.807) is 15.7 Å². The van der Waals surface area contributed by atoms with Crippen LogP contribution in [-0.4, -0.2) is 27.0 Å². The van der Waals surface area contributed by atoms with Crippen LogP contribution in [0.4, 0.5) is 11.4 Å². The van der Waals surface area contributed by atoms with E-state index in [2.05, 4.69) is 0 Å². The van der Waals surface area contributed by atoms with Gasteiger partial charge in [-0.15, -0.1) is 0 Å². The lowest BCUT2D eigenvalue weighted by molar-refractivity contribution is -0.113. The number of para-hydroxylation sites is 2. The van der Waals surface area contributed by atoms with Crippen LogP contribution in [0.1, 0.15) is 18.2 Å². The number of hydrogen-bond donors (Lipinski definition) is 0. The molecule has 1 aliphatic rings. The highest BCUT2D eigenvalue weighted by molar-refractivity contribution is 6.18. The van der Waals surface area contributed by atoms with Crippen molar-refractivity contribution in [2.45, 2.75) is 19.9 Å². The second-order valence-corrected chi connectivity index (χ2v) is 8.61. The zero-order valence-corrected chi connectivity index (χ0v) is 19.9. The molecular weight excluding hydrogens is 436 g/mol. The number of carbonyl (C=O) groups excluding carboxylic acids is 1. The monoisotopic (exact) mass is 462 g/mol. The average molecular weight is 463 g/mol. The first-order chi connectivity index (χ1) is 17.0. The molecular formula is C29H26N4O2. The Bertz CT molecular complexity index is 1500. The van der Waals surface area contributed by atoms with E-state index in [0.29, 0.717) is 11.4 Å². The second-order valence-electron chi connectivity index (χ2n) is 8.61. The van der Waals surface area contributed by atoms with Gasteiger partial charge in [-0.25, -0.2) is 9.67 Å². The predicted molar refractivity (Wildman–Crippen MR) is 140 cm³/mol. The minimum absolute atomic E-state index is 0.103. The van der Waals surface area contributed by atoms with Crippen molar-refractivity contribution in [2.24, 2.45) is 12.0 Å². The van der Waals surface area contributed by atoms with Crippen molar-refractivity contribution in [2.75, 3.05) is 4.90 Å². The van der Waals surface area contributed by atoms with E-state index < -0.39 is 6.04 Å². The molecule has 1 aromatic heterocycles. The van der Waals surface area contributed by atoms with Gasteiger partial charge in [-0.05, 0) is 49.2 Å². The summed E-state index contributed by atoms with van der Waals surface area (Å²) < 4.78 is 3.44. The van der Waals surface area contributed by atoms with Crippen LogP contribution in [0.2, 0.25) is 0 Å². The van der Waals surface area contributed by atoms with Crippen molar-refractivity contribution in [1.29, 1.82) is 0 Å². The number of amides is 1. The summed E-state index contributed by atoms with van der Waals surface area (Å²) >= 11 is 0. The summed E-state index contributed by atoms with van der Waals surface area (Å²) in [5, 5.41) is 0. The number of rotatable bonds is 5. The Balaban J connectivity index is 1.73. The van der Waals surface area contributed by atoms with Gasteiger partial charge in [0.05, 0.1) is 17.1 Å². The van der Waals surface area contributed by atoms with Crippen molar-refractivity contribution >= 4 is 23.0 Å². The molecule has 0 spiro atoms. The number of carbonyl (C=O) groups is 1. The average Bonchev–Trinajstić information content (AvgIpc) is 3.29. The molecule has 174 valence electrons. The van der Waals surface area contributed by atoms with Crippen LogP contribution >= 0.6 is 0 Å². The molecule has 6 heteroatoms. The molecule has 0 saturated heterocycles. The molecule has 6 nitrogen and oxygen atoms in total. The van der Waals surface area contributed by atoms with Gasteiger partial charge >= 0.3 is 0 Å². The minimum Gasteiger partial charge on any atom is -0.296 e. The van der Waals surface area contributed by atoms with Crippen molar-refractivity contribution in [3.63, 3.8) is 0 Å². The van der Waals surface area contributed by atoms with E-state index in [1.807, 2.05) is 117 Å². The van der Waals surface area contributed by atoms with E-state index >= 15 is 0 Å². The smallest absolute Gasteiger partial charge is 0.296 e. The molecule has 0 bridgehead atoms. The van der Waals surface area contributed by atoms with E-state index in [4.69, 9.17) is 4.99 Å². The molecule has 4 aromatic rings. The summed E-state index contributed by atoms with van der Waals surface area (Å²) in [6.07, 6.45) is 1.65. The van der Waals surface area contributed by atoms with Gasteiger partial charge in [-0.1, -0.05) is 66.7 Å². The van der Waals surface area contributed by atoms with E-state index in [0.717, 1.165) is 28.2 Å². The fourth-order valence-electron chi connectivity index (χ4n) is 4.57. The highest BCUT2D eigenvalue weighted by Crippen LogP contribution is 2.31. The summed E-state index contributed by atoms with van der Waals surface area (Å²) in [5.41, 5.74) is 4.82. The van der Waals surface area contributed by atoms with Gasteiger partial charge in [0, 0.05) is 18.8 Å². The third kappa shape index (κ3) is 3.93. The lowest BCUT2D eigenvalue weighted by atomic mass is 9.97. The van der Waals surface area contributed by atoms with Crippen LogP contribution in [0, 0.1) is 6.92 Å². The number of hydrogen-bond acceptors (Lipinski definition) is 3. The summed E-state index contributed by atoms with van der Waals surface area (Å²) in [6, 6.07) is 28.4. The van der Waals surface area contributed by atoms with E-state index in [1.165, 1.54) is 0 Å². The number of benzene rings is 3. The first kappa shape index (κ1) is 22.3. The lowest BCUT2D eigenvalue weighted by Crippen LogP contribution is -2.41. The lowest BCUT2D eigenvalue weighted by Gasteiger charge is -2.28. The quantitative estimate of drug-likeness (QED) is 0.393. The van der Waals surface area contributed by atoms with Crippen LogP contribution in [0.15, 0.2) is 112 Å². The normalized spacial score (nSPS) is 16.0. The van der Waals surface area contributed by atoms with Crippen LogP contribution < -0.4 is 10.5 Å². The first-order valence-electron chi connectivity index (χ1n) is 11.5. The van der Waals surface area contributed by atoms with Gasteiger partial charge in [0.25, 0.3) is 11.5 Å². The fourth-order valence-corrected chi connectivity index (χ4v) is 4.57. The Morgan fingerprint density at radius 1 is 0.771 bits per heavy atom. The molecule has 1 unspecified atom stereocenters. The standard InChI is InChI=1S/C29H26N4O2/c1-20-19-25(34)32(23-15-9-5-10-16-23)28(20)27(22-13-7-4-8-14-22)30-26-21(2)31(3)33(29(26)35)24-17-11-6-12-18-24/h4-19,28H,1-3H3. The zero-order chi connectivity index (χ0) is 24.5. The van der Waals surface area contributed by atoms with Gasteiger partial charge in [-0.3, -0.25) is 19.2 Å². The zero-order valence-electron chi connectivity index (χ0n) is 19.9. The van der Waals surface area contributed by atoms with Crippen LogP contribution in [0.25, 0.3) is 5.69 Å². The fraction of sp³-hybridized carbons (Fsp3) is 0.138. The SMILES string of the molecule is CC1=CC(=O)N(c2ccccc2)C1C(=Nc1c(C)n(C)n(-c2ccccc2)c1=O)c1ccccc1. The summed E-state index contributed by atoms with van der Waals surface area (Å²) in [7, 11) is 1.85. The Kier molecular flexibility index (Phi) is 5.79. The van der Waals surface area contributed by atoms with Gasteiger partial charge in [-0.2, -0.15) is 0 Å². The topological polar surface area (TPSA) is 59.6 Å². The molecule has 0 aliphatic carbocycles. The summed E-state index contributed by atoms with van der Waals surface area (Å²) in [6.45, 7) is 3.82. The number of aromatic nitrogens is 2. The number of anilines is 1. The van der Waals surface area contributed by atoms with Gasteiger partial charge in [0.15, 0.2) is 5.69 Å². The Morgan fingerprint density at radius 3 is 1.91 bits per heavy atom. The largest absolute Gasteiger partial charge is 0.297 e. The molecule has 35 heavy (non-hydrogen) atoms. The molecule has 2 heterocycles. The highest BCUT2D eigenvalue weighted by atomic mass is 16.2. The van der Waals surface area contributed by atoms with Crippen LogP contribution in [-0.2, 0) is 11.8 Å². The molecule has 0 saturated carbocycles. The molecule has 1 aliphatic heterocycles. The summed E-state index contributed by atoms with van der Waals surface area (Å²) in [5.74, 6) is -0.103. The molecule has 1 atom stereocenters. The third-order valence-corrected chi connectivity index (χ3v) is 6.40. The van der Waals surface area contributed by atoms with Gasteiger partial charge in [0.2, 0.25) is 0 Å². The number of nitrogens with zero attached hydrogens (tertiary/aromatic N) is 4. The highest BCUT2D eigenvalue weighted by Gasteiger charge is 2.36. The maximum atomic E-state index is 13.6. The summed E-state index contributed by atoms with van der Waals surface area (Å²) in [4.78, 5) is 33.5. The molecule has 0 fully saturated rings. The maximum absolute atomic E-state index is 13.6. The van der Waals surface area contributed by atoms with Crippen molar-refractivity contribution in [3.05, 3.63) is 124 Å². The maximum Gasteiger partial charge on any atom is 0.297 e. The Hall–Kier alpha value is -4.45. The van der Waals surface area contributed by atoms with Crippen molar-refractivity contribution in [1.82, 2.24) is 9.36 Å². The molecule has 0 radical (unpaired) electrons. The first-order valence-corrected chi connectivity index (χ1v) is 11.5. The van der Waals surface area contributed by atoms with Crippen LogP contribution in [0.3, 0.4) is 0 Å². The van der Waals surface area contributed by atoms with Gasteiger partial charge < -0.3 is 0 Å². The molecule has 0 N–H and O–H groups in total. The Labute approximate surface area is 204 Å². The predicted octanol–water partition coefficient (Wildman–Crippen LogP) is 4.97. The van der Waals surface area contributed by atoms with Crippen molar-refractivity contribution in [3.8, 4) is 5.69 Å². The molecule has 1 amide bonds. The third-order valence-electron chi connectivity index (χ3n) is 6.40. The number of aliphatic imine (C=N–C) groups is 1. The minimum atomic E-state index is -0.434. The molecule has 5 rings (SSSR count). The van der Waals surface area contributed by atoms with Crippen molar-refractivity contribution < 1.29 is 4.79 Å². The molecule has 3 aromatic carbocycles. The second kappa shape index (κ2) is 9.06. The van der Waals surface area contributed by atoms with E-state index in [9.17, 15) is 9.59 Å². The Morgan fingerprint density at radius 2 is 1.31 bits per heavy atom.